The molecule has 0 spiro atoms. The summed E-state index contributed by atoms with van der Waals surface area (Å²) in [6, 6.07) is 18.0. The van der Waals surface area contributed by atoms with Crippen molar-refractivity contribution in [2.75, 3.05) is 6.54 Å². The summed E-state index contributed by atoms with van der Waals surface area (Å²) in [5.41, 5.74) is 1.62. The molecule has 3 atom stereocenters. The van der Waals surface area contributed by atoms with E-state index in [1.165, 1.54) is 0 Å². The second-order valence-electron chi connectivity index (χ2n) is 7.46. The number of nitrogens with one attached hydrogen (secondary N) is 1. The van der Waals surface area contributed by atoms with Gasteiger partial charge < -0.3 is 15.3 Å². The summed E-state index contributed by atoms with van der Waals surface area (Å²) in [5.74, 6) is 0. The Kier molecular flexibility index (Phi) is 6.22. The first kappa shape index (κ1) is 19.9. The van der Waals surface area contributed by atoms with E-state index in [0.29, 0.717) is 13.0 Å². The number of carbonyl (C=O) groups is 1. The Morgan fingerprint density at radius 2 is 1.81 bits per heavy atom. The van der Waals surface area contributed by atoms with Crippen LogP contribution >= 0.6 is 15.9 Å². The maximum atomic E-state index is 13.2. The molecule has 0 saturated carbocycles. The van der Waals surface area contributed by atoms with E-state index in [9.17, 15) is 9.90 Å². The second kappa shape index (κ2) is 8.44. The van der Waals surface area contributed by atoms with E-state index in [1.807, 2.05) is 59.5 Å². The molecule has 3 rings (SSSR count). The van der Waals surface area contributed by atoms with E-state index < -0.39 is 11.6 Å². The molecule has 0 aromatic heterocycles. The van der Waals surface area contributed by atoms with Crippen molar-refractivity contribution < 1.29 is 9.90 Å². The molecule has 0 bridgehead atoms. The smallest absolute Gasteiger partial charge is 0.318 e. The topological polar surface area (TPSA) is 52.6 Å². The van der Waals surface area contributed by atoms with E-state index in [0.717, 1.165) is 28.4 Å². The number of halogens is 1. The monoisotopic (exact) mass is 430 g/mol. The molecule has 1 heterocycles. The first-order chi connectivity index (χ1) is 12.9. The van der Waals surface area contributed by atoms with Crippen molar-refractivity contribution in [2.24, 2.45) is 0 Å². The summed E-state index contributed by atoms with van der Waals surface area (Å²) in [6.07, 6.45) is 1.68. The van der Waals surface area contributed by atoms with Crippen LogP contribution in [0.2, 0.25) is 0 Å². The number of nitrogens with zero attached hydrogens (tertiary/aromatic N) is 1. The van der Waals surface area contributed by atoms with E-state index in [4.69, 9.17) is 0 Å². The maximum Gasteiger partial charge on any atom is 0.318 e. The van der Waals surface area contributed by atoms with E-state index >= 15 is 0 Å². The van der Waals surface area contributed by atoms with Gasteiger partial charge in [-0.3, -0.25) is 0 Å². The van der Waals surface area contributed by atoms with Gasteiger partial charge >= 0.3 is 6.03 Å². The van der Waals surface area contributed by atoms with Crippen LogP contribution in [-0.2, 0) is 5.54 Å². The van der Waals surface area contributed by atoms with E-state index in [-0.39, 0.29) is 12.1 Å². The fourth-order valence-corrected chi connectivity index (χ4v) is 4.30. The number of aliphatic hydroxyl groups excluding tert-OH is 1. The molecule has 2 aromatic rings. The summed E-state index contributed by atoms with van der Waals surface area (Å²) in [7, 11) is 0. The molecule has 144 valence electrons. The Bertz CT molecular complexity index is 764. The van der Waals surface area contributed by atoms with Crippen LogP contribution in [0.4, 0.5) is 4.79 Å². The molecule has 1 fully saturated rings. The Labute approximate surface area is 169 Å². The molecule has 5 heteroatoms. The van der Waals surface area contributed by atoms with Crippen LogP contribution in [-0.4, -0.2) is 28.7 Å². The third-order valence-corrected chi connectivity index (χ3v) is 5.93. The standard InChI is InChI=1S/C22H27BrN2O2/c1-16(26)15-22(19-7-4-3-5-8-19)13-6-14-25(21(27)24-22)17(2)18-9-11-20(23)12-10-18/h3-5,7-12,16-17,26H,6,13-15H2,1-2H3,(H,24,27)/t16-,17?,22-/m0/s1. The summed E-state index contributed by atoms with van der Waals surface area (Å²) in [4.78, 5) is 15.1. The zero-order chi connectivity index (χ0) is 19.4. The second-order valence-corrected chi connectivity index (χ2v) is 8.37. The highest BCUT2D eigenvalue weighted by Gasteiger charge is 2.39. The molecule has 4 nitrogen and oxygen atoms in total. The minimum atomic E-state index is -0.541. The van der Waals surface area contributed by atoms with Gasteiger partial charge in [-0.2, -0.15) is 0 Å². The van der Waals surface area contributed by atoms with Crippen molar-refractivity contribution in [3.63, 3.8) is 0 Å². The van der Waals surface area contributed by atoms with Crippen molar-refractivity contribution >= 4 is 22.0 Å². The molecular weight excluding hydrogens is 404 g/mol. The van der Waals surface area contributed by atoms with Gasteiger partial charge in [0.1, 0.15) is 0 Å². The van der Waals surface area contributed by atoms with Crippen LogP contribution in [0.5, 0.6) is 0 Å². The van der Waals surface area contributed by atoms with Crippen molar-refractivity contribution in [2.45, 2.75) is 50.8 Å². The van der Waals surface area contributed by atoms with Gasteiger partial charge in [0, 0.05) is 17.4 Å². The van der Waals surface area contributed by atoms with Crippen LogP contribution in [0, 0.1) is 0 Å². The van der Waals surface area contributed by atoms with Gasteiger partial charge in [0.05, 0.1) is 17.7 Å². The summed E-state index contributed by atoms with van der Waals surface area (Å²) in [5, 5.41) is 13.4. The van der Waals surface area contributed by atoms with Crippen LogP contribution in [0.15, 0.2) is 59.1 Å². The van der Waals surface area contributed by atoms with Gasteiger partial charge in [-0.1, -0.05) is 58.4 Å². The Balaban J connectivity index is 1.88. The van der Waals surface area contributed by atoms with Crippen molar-refractivity contribution in [3.05, 3.63) is 70.2 Å². The lowest BCUT2D eigenvalue weighted by molar-refractivity contribution is 0.128. The molecule has 1 unspecified atom stereocenters. The van der Waals surface area contributed by atoms with Crippen LogP contribution in [0.25, 0.3) is 0 Å². The largest absolute Gasteiger partial charge is 0.393 e. The van der Waals surface area contributed by atoms with Gasteiger partial charge in [0.15, 0.2) is 0 Å². The predicted molar refractivity (Wildman–Crippen MR) is 111 cm³/mol. The van der Waals surface area contributed by atoms with Gasteiger partial charge in [-0.25, -0.2) is 4.79 Å². The summed E-state index contributed by atoms with van der Waals surface area (Å²) >= 11 is 3.46. The highest BCUT2D eigenvalue weighted by molar-refractivity contribution is 9.10. The zero-order valence-electron chi connectivity index (χ0n) is 15.9. The quantitative estimate of drug-likeness (QED) is 0.702. The minimum Gasteiger partial charge on any atom is -0.393 e. The van der Waals surface area contributed by atoms with E-state index in [2.05, 4.69) is 28.2 Å². The highest BCUT2D eigenvalue weighted by Crippen LogP contribution is 2.35. The Morgan fingerprint density at radius 1 is 1.15 bits per heavy atom. The number of hydrogen-bond donors (Lipinski definition) is 2. The number of amides is 2. The molecule has 2 N–H and O–H groups in total. The lowest BCUT2D eigenvalue weighted by Crippen LogP contribution is -2.50. The molecule has 0 aliphatic carbocycles. The first-order valence-electron chi connectivity index (χ1n) is 9.49. The average molecular weight is 431 g/mol. The molecule has 2 amide bonds. The number of urea groups is 1. The zero-order valence-corrected chi connectivity index (χ0v) is 17.4. The number of benzene rings is 2. The third-order valence-electron chi connectivity index (χ3n) is 5.40. The number of carbonyl (C=O) groups excluding carboxylic acids is 1. The Morgan fingerprint density at radius 3 is 2.44 bits per heavy atom. The third kappa shape index (κ3) is 4.53. The summed E-state index contributed by atoms with van der Waals surface area (Å²) in [6.45, 7) is 4.54. The van der Waals surface area contributed by atoms with Crippen molar-refractivity contribution in [1.82, 2.24) is 10.2 Å². The average Bonchev–Trinajstić information content (AvgIpc) is 2.81. The normalized spacial score (nSPS) is 22.7. The fraction of sp³-hybridized carbons (Fsp3) is 0.409. The minimum absolute atomic E-state index is 0.0174. The van der Waals surface area contributed by atoms with Gasteiger partial charge in [0.2, 0.25) is 0 Å². The van der Waals surface area contributed by atoms with Crippen LogP contribution < -0.4 is 5.32 Å². The van der Waals surface area contributed by atoms with Crippen LogP contribution in [0.3, 0.4) is 0 Å². The molecule has 1 saturated heterocycles. The molecule has 27 heavy (non-hydrogen) atoms. The number of hydrogen-bond acceptors (Lipinski definition) is 2. The molecule has 2 aromatic carbocycles. The highest BCUT2D eigenvalue weighted by atomic mass is 79.9. The molecule has 1 aliphatic heterocycles. The SMILES string of the molecule is CC(c1ccc(Br)cc1)N1CCC[C@](C[C@H](C)O)(c2ccccc2)NC1=O. The fourth-order valence-electron chi connectivity index (χ4n) is 4.03. The Hall–Kier alpha value is -1.85. The predicted octanol–water partition coefficient (Wildman–Crippen LogP) is 4.98. The summed E-state index contributed by atoms with van der Waals surface area (Å²) < 4.78 is 1.03. The van der Waals surface area contributed by atoms with E-state index in [1.54, 1.807) is 6.92 Å². The van der Waals surface area contributed by atoms with Gasteiger partial charge in [-0.15, -0.1) is 0 Å². The lowest BCUT2D eigenvalue weighted by Gasteiger charge is -2.36. The maximum absolute atomic E-state index is 13.2. The molecule has 0 radical (unpaired) electrons. The lowest BCUT2D eigenvalue weighted by atomic mass is 9.81. The van der Waals surface area contributed by atoms with Crippen molar-refractivity contribution in [3.8, 4) is 0 Å². The number of aliphatic hydroxyl groups is 1. The first-order valence-corrected chi connectivity index (χ1v) is 10.3. The van der Waals surface area contributed by atoms with Gasteiger partial charge in [0.25, 0.3) is 0 Å². The van der Waals surface area contributed by atoms with Gasteiger partial charge in [-0.05, 0) is 49.9 Å². The van der Waals surface area contributed by atoms with Crippen LogP contribution in [0.1, 0.15) is 50.3 Å². The molecule has 1 aliphatic rings. The number of rotatable bonds is 5. The molecular formula is C22H27BrN2O2. The van der Waals surface area contributed by atoms with Crippen molar-refractivity contribution in [1.29, 1.82) is 0 Å².